The van der Waals surface area contributed by atoms with Crippen molar-refractivity contribution in [1.29, 1.82) is 0 Å². The van der Waals surface area contributed by atoms with E-state index >= 15 is 0 Å². The number of nitrogens with one attached hydrogen (secondary N) is 1. The predicted molar refractivity (Wildman–Crippen MR) is 89.5 cm³/mol. The van der Waals surface area contributed by atoms with Crippen molar-refractivity contribution in [3.8, 4) is 11.3 Å². The number of β-amino-alcohol motifs (C(OH)–C–C–N with tert-alkyl or cyclic N) is 1. The van der Waals surface area contributed by atoms with Crippen molar-refractivity contribution >= 4 is 10.2 Å². The fraction of sp³-hybridized carbons (Fsp3) is 0.438. The molecule has 1 fully saturated rings. The number of rotatable bonds is 3. The van der Waals surface area contributed by atoms with Crippen LogP contribution < -0.4 is 4.72 Å². The van der Waals surface area contributed by atoms with E-state index in [1.807, 2.05) is 18.3 Å². The number of aliphatic hydroxyl groups is 1. The Labute approximate surface area is 141 Å². The molecule has 1 aromatic carbocycles. The molecule has 0 spiro atoms. The fourth-order valence-electron chi connectivity index (χ4n) is 3.95. The van der Waals surface area contributed by atoms with Crippen LogP contribution in [0.4, 0.5) is 0 Å². The maximum Gasteiger partial charge on any atom is 0.279 e. The van der Waals surface area contributed by atoms with Crippen molar-refractivity contribution in [2.45, 2.75) is 18.6 Å². The number of imidazole rings is 1. The second-order valence-corrected chi connectivity index (χ2v) is 8.18. The Morgan fingerprint density at radius 2 is 2.12 bits per heavy atom. The molecule has 2 aromatic rings. The molecule has 24 heavy (non-hydrogen) atoms. The molecule has 7 nitrogen and oxygen atoms in total. The van der Waals surface area contributed by atoms with E-state index in [2.05, 4.69) is 26.4 Å². The van der Waals surface area contributed by atoms with Crippen LogP contribution in [0.2, 0.25) is 0 Å². The van der Waals surface area contributed by atoms with Crippen LogP contribution in [0.15, 0.2) is 36.8 Å². The van der Waals surface area contributed by atoms with Crippen molar-refractivity contribution in [3.63, 3.8) is 0 Å². The summed E-state index contributed by atoms with van der Waals surface area (Å²) in [4.78, 5) is 4.25. The van der Waals surface area contributed by atoms with Crippen LogP contribution in [0.3, 0.4) is 0 Å². The molecule has 1 unspecified atom stereocenters. The number of aromatic nitrogens is 2. The summed E-state index contributed by atoms with van der Waals surface area (Å²) in [7, 11) is -2.12. The van der Waals surface area contributed by atoms with Gasteiger partial charge in [0.15, 0.2) is 0 Å². The van der Waals surface area contributed by atoms with E-state index in [1.165, 1.54) is 16.9 Å². The largest absolute Gasteiger partial charge is 0.391 e. The van der Waals surface area contributed by atoms with E-state index in [0.717, 1.165) is 11.3 Å². The highest BCUT2D eigenvalue weighted by Gasteiger charge is 2.42. The summed E-state index contributed by atoms with van der Waals surface area (Å²) < 4.78 is 29.7. The van der Waals surface area contributed by atoms with E-state index in [0.29, 0.717) is 13.0 Å². The van der Waals surface area contributed by atoms with Gasteiger partial charge < -0.3 is 9.67 Å². The zero-order valence-corrected chi connectivity index (χ0v) is 14.1. The molecule has 1 aromatic heterocycles. The maximum atomic E-state index is 12.0. The molecule has 0 radical (unpaired) electrons. The molecule has 8 heteroatoms. The van der Waals surface area contributed by atoms with Gasteiger partial charge in [-0.05, 0) is 12.0 Å². The third-order valence-electron chi connectivity index (χ3n) is 5.12. The van der Waals surface area contributed by atoms with Gasteiger partial charge in [0.1, 0.15) is 0 Å². The minimum Gasteiger partial charge on any atom is -0.391 e. The highest BCUT2D eigenvalue weighted by Crippen LogP contribution is 2.45. The number of hydrogen-bond acceptors (Lipinski definition) is 4. The number of fused-ring (bicyclic) bond motifs is 3. The van der Waals surface area contributed by atoms with E-state index in [4.69, 9.17) is 0 Å². The number of nitrogens with zero attached hydrogens (tertiary/aromatic N) is 3. The van der Waals surface area contributed by atoms with Crippen LogP contribution in [0.1, 0.15) is 18.0 Å². The lowest BCUT2D eigenvalue weighted by molar-refractivity contribution is 0.0340. The third kappa shape index (κ3) is 2.29. The highest BCUT2D eigenvalue weighted by atomic mass is 32.2. The Hall–Kier alpha value is -1.74. The highest BCUT2D eigenvalue weighted by molar-refractivity contribution is 7.87. The standard InChI is InChI=1S/C16H20N4O3S/c1-17-24(22,23)19-7-6-13(15(21)9-19)16-12-5-3-2-4-11(12)14-8-18-10-20(14)16/h2-5,8,10,13,15-17,21H,6-7,9H2,1H3/t13-,15-,16?/m1/s1. The van der Waals surface area contributed by atoms with Crippen molar-refractivity contribution in [2.75, 3.05) is 20.1 Å². The average Bonchev–Trinajstić information content (AvgIpc) is 3.16. The van der Waals surface area contributed by atoms with Gasteiger partial charge in [0, 0.05) is 31.6 Å². The zero-order chi connectivity index (χ0) is 16.9. The molecule has 2 aliphatic heterocycles. The van der Waals surface area contributed by atoms with Crippen molar-refractivity contribution in [1.82, 2.24) is 18.6 Å². The molecular weight excluding hydrogens is 328 g/mol. The van der Waals surface area contributed by atoms with Crippen LogP contribution in [0.5, 0.6) is 0 Å². The van der Waals surface area contributed by atoms with Gasteiger partial charge >= 0.3 is 0 Å². The van der Waals surface area contributed by atoms with Crippen LogP contribution >= 0.6 is 0 Å². The van der Waals surface area contributed by atoms with Crippen molar-refractivity contribution < 1.29 is 13.5 Å². The quantitative estimate of drug-likeness (QED) is 0.850. The lowest BCUT2D eigenvalue weighted by Gasteiger charge is -2.38. The van der Waals surface area contributed by atoms with Crippen LogP contribution in [-0.4, -0.2) is 53.6 Å². The Morgan fingerprint density at radius 1 is 1.33 bits per heavy atom. The minimum absolute atomic E-state index is 0.00635. The Balaban J connectivity index is 1.66. The summed E-state index contributed by atoms with van der Waals surface area (Å²) in [6.45, 7) is 0.504. The number of benzene rings is 1. The molecule has 1 saturated heterocycles. The molecule has 0 amide bonds. The summed E-state index contributed by atoms with van der Waals surface area (Å²) in [5, 5.41) is 10.7. The molecule has 2 aliphatic rings. The second kappa shape index (κ2) is 5.66. The zero-order valence-electron chi connectivity index (χ0n) is 13.3. The molecule has 2 N–H and O–H groups in total. The molecule has 3 heterocycles. The molecule has 0 saturated carbocycles. The van der Waals surface area contributed by atoms with Gasteiger partial charge in [-0.2, -0.15) is 12.7 Å². The Kier molecular flexibility index (Phi) is 3.72. The van der Waals surface area contributed by atoms with Crippen LogP contribution in [0, 0.1) is 5.92 Å². The van der Waals surface area contributed by atoms with Gasteiger partial charge in [-0.25, -0.2) is 9.71 Å². The van der Waals surface area contributed by atoms with Crippen molar-refractivity contribution in [2.24, 2.45) is 5.92 Å². The normalized spacial score (nSPS) is 27.0. The first-order valence-corrected chi connectivity index (χ1v) is 9.45. The topological polar surface area (TPSA) is 87.5 Å². The molecule has 128 valence electrons. The molecule has 4 rings (SSSR count). The summed E-state index contributed by atoms with van der Waals surface area (Å²) in [5.74, 6) is -0.0510. The average molecular weight is 348 g/mol. The summed E-state index contributed by atoms with van der Waals surface area (Å²) in [6.07, 6.45) is 3.50. The van der Waals surface area contributed by atoms with E-state index in [-0.39, 0.29) is 18.5 Å². The van der Waals surface area contributed by atoms with Crippen LogP contribution in [0.25, 0.3) is 11.3 Å². The number of hydrogen-bond donors (Lipinski definition) is 2. The van der Waals surface area contributed by atoms with Gasteiger partial charge in [0.25, 0.3) is 10.2 Å². The Morgan fingerprint density at radius 3 is 2.88 bits per heavy atom. The molecular formula is C16H20N4O3S. The second-order valence-electron chi connectivity index (χ2n) is 6.31. The summed E-state index contributed by atoms with van der Waals surface area (Å²) >= 11 is 0. The van der Waals surface area contributed by atoms with Crippen LogP contribution in [-0.2, 0) is 10.2 Å². The maximum absolute atomic E-state index is 12.0. The fourth-order valence-corrected chi connectivity index (χ4v) is 4.90. The number of piperidine rings is 1. The van der Waals surface area contributed by atoms with Gasteiger partial charge in [-0.3, -0.25) is 0 Å². The lowest BCUT2D eigenvalue weighted by atomic mass is 9.84. The van der Waals surface area contributed by atoms with E-state index in [9.17, 15) is 13.5 Å². The smallest absolute Gasteiger partial charge is 0.279 e. The van der Waals surface area contributed by atoms with Gasteiger partial charge in [-0.1, -0.05) is 24.3 Å². The third-order valence-corrected chi connectivity index (χ3v) is 6.65. The first-order chi connectivity index (χ1) is 11.5. The van der Waals surface area contributed by atoms with Gasteiger partial charge in [0.2, 0.25) is 0 Å². The summed E-state index contributed by atoms with van der Waals surface area (Å²) in [6, 6.07) is 8.13. The molecule has 0 aliphatic carbocycles. The first kappa shape index (κ1) is 15.8. The van der Waals surface area contributed by atoms with Crippen molar-refractivity contribution in [3.05, 3.63) is 42.4 Å². The molecule has 0 bridgehead atoms. The van der Waals surface area contributed by atoms with Gasteiger partial charge in [-0.15, -0.1) is 0 Å². The minimum atomic E-state index is -3.51. The lowest BCUT2D eigenvalue weighted by Crippen LogP contribution is -2.51. The predicted octanol–water partition coefficient (Wildman–Crippen LogP) is 0.600. The van der Waals surface area contributed by atoms with E-state index < -0.39 is 16.3 Å². The molecule has 3 atom stereocenters. The SMILES string of the molecule is CNS(=O)(=O)N1CC[C@@H](C2c3ccccc3-c3cncn32)[C@H](O)C1. The Bertz CT molecular complexity index is 864. The van der Waals surface area contributed by atoms with E-state index in [1.54, 1.807) is 6.33 Å². The van der Waals surface area contributed by atoms with Gasteiger partial charge in [0.05, 0.1) is 30.4 Å². The monoisotopic (exact) mass is 348 g/mol. The summed E-state index contributed by atoms with van der Waals surface area (Å²) in [5.41, 5.74) is 3.36. The first-order valence-electron chi connectivity index (χ1n) is 8.00. The number of aliphatic hydroxyl groups excluding tert-OH is 1.